The van der Waals surface area contributed by atoms with Gasteiger partial charge in [0.05, 0.1) is 24.9 Å². The van der Waals surface area contributed by atoms with Crippen LogP contribution in [0.3, 0.4) is 0 Å². The summed E-state index contributed by atoms with van der Waals surface area (Å²) in [6.45, 7) is 9.98. The van der Waals surface area contributed by atoms with E-state index >= 15 is 0 Å². The molecule has 0 bridgehead atoms. The van der Waals surface area contributed by atoms with E-state index in [0.717, 1.165) is 38.5 Å². The highest BCUT2D eigenvalue weighted by atomic mass is 16.7. The Morgan fingerprint density at radius 3 is 2.31 bits per heavy atom. The van der Waals surface area contributed by atoms with Crippen LogP contribution in [0.1, 0.15) is 79.1 Å². The smallest absolute Gasteiger partial charge is 0.197 e. The van der Waals surface area contributed by atoms with Crippen molar-refractivity contribution in [1.29, 1.82) is 0 Å². The van der Waals surface area contributed by atoms with E-state index in [0.29, 0.717) is 36.2 Å². The van der Waals surface area contributed by atoms with E-state index in [-0.39, 0.29) is 41.0 Å². The van der Waals surface area contributed by atoms with Crippen LogP contribution < -0.4 is 0 Å². The third-order valence-corrected chi connectivity index (χ3v) is 11.9. The summed E-state index contributed by atoms with van der Waals surface area (Å²) in [7, 11) is 0. The lowest BCUT2D eigenvalue weighted by molar-refractivity contribution is -0.316. The molecule has 2 saturated heterocycles. The summed E-state index contributed by atoms with van der Waals surface area (Å²) in [6.07, 6.45) is 6.86. The number of ether oxygens (including phenoxy) is 2. The normalized spacial score (nSPS) is 64.0. The van der Waals surface area contributed by atoms with Gasteiger partial charge in [-0.1, -0.05) is 27.7 Å². The second-order valence-corrected chi connectivity index (χ2v) is 13.4. The standard InChI is InChI=1S/C27H44O5/c1-14-9-23(30)27(31-13-14)15(2)24-22(32-27)12-19-17-11-21(29)20-10-16(28)5-7-25(20,3)18(17)6-8-26(19,24)4/h14-24,28-30H,5-13H2,1-4H3/t14-,15+,16-,17+,18-,19-,20+,21-,22-,23-,24-,25+,26-,27-/m0/s1. The van der Waals surface area contributed by atoms with Crippen LogP contribution in [0.4, 0.5) is 0 Å². The second kappa shape index (κ2) is 7.16. The molecule has 2 heterocycles. The van der Waals surface area contributed by atoms with Crippen LogP contribution in [0.15, 0.2) is 0 Å². The van der Waals surface area contributed by atoms with Crippen molar-refractivity contribution in [3.05, 3.63) is 0 Å². The van der Waals surface area contributed by atoms with Crippen molar-refractivity contribution in [3.8, 4) is 0 Å². The summed E-state index contributed by atoms with van der Waals surface area (Å²) in [4.78, 5) is 0. The molecule has 182 valence electrons. The minimum Gasteiger partial charge on any atom is -0.393 e. The van der Waals surface area contributed by atoms with E-state index in [1.54, 1.807) is 0 Å². The maximum Gasteiger partial charge on any atom is 0.197 e. The van der Waals surface area contributed by atoms with E-state index in [4.69, 9.17) is 9.47 Å². The van der Waals surface area contributed by atoms with Crippen LogP contribution >= 0.6 is 0 Å². The summed E-state index contributed by atoms with van der Waals surface area (Å²) in [6, 6.07) is 0. The van der Waals surface area contributed by atoms with E-state index < -0.39 is 11.9 Å². The number of hydrogen-bond donors (Lipinski definition) is 3. The first-order valence-corrected chi connectivity index (χ1v) is 13.5. The van der Waals surface area contributed by atoms with Gasteiger partial charge in [-0.2, -0.15) is 0 Å². The molecule has 4 saturated carbocycles. The van der Waals surface area contributed by atoms with E-state index in [9.17, 15) is 15.3 Å². The first kappa shape index (κ1) is 22.3. The fourth-order valence-corrected chi connectivity index (χ4v) is 10.4. The summed E-state index contributed by atoms with van der Waals surface area (Å²) in [5, 5.41) is 32.6. The number of fused-ring (bicyclic) bond motifs is 7. The molecule has 4 aliphatic carbocycles. The Hall–Kier alpha value is -0.200. The van der Waals surface area contributed by atoms with Gasteiger partial charge >= 0.3 is 0 Å². The van der Waals surface area contributed by atoms with Crippen LogP contribution in [-0.4, -0.2) is 52.1 Å². The molecule has 0 aromatic rings. The number of hydrogen-bond acceptors (Lipinski definition) is 5. The number of aliphatic hydroxyl groups is 3. The molecule has 0 unspecified atom stereocenters. The van der Waals surface area contributed by atoms with Crippen LogP contribution in [0, 0.1) is 52.3 Å². The molecule has 5 nitrogen and oxygen atoms in total. The molecule has 6 rings (SSSR count). The largest absolute Gasteiger partial charge is 0.393 e. The molecule has 2 aliphatic heterocycles. The molecule has 1 spiro atoms. The van der Waals surface area contributed by atoms with Crippen molar-refractivity contribution < 1.29 is 24.8 Å². The summed E-state index contributed by atoms with van der Waals surface area (Å²) in [5.41, 5.74) is 0.324. The maximum absolute atomic E-state index is 11.2. The maximum atomic E-state index is 11.2. The quantitative estimate of drug-likeness (QED) is 0.526. The lowest BCUT2D eigenvalue weighted by Crippen LogP contribution is -2.59. The van der Waals surface area contributed by atoms with Crippen LogP contribution in [0.2, 0.25) is 0 Å². The van der Waals surface area contributed by atoms with Gasteiger partial charge in [0.15, 0.2) is 5.79 Å². The second-order valence-electron chi connectivity index (χ2n) is 13.4. The van der Waals surface area contributed by atoms with Crippen LogP contribution in [-0.2, 0) is 9.47 Å². The Kier molecular flexibility index (Phi) is 4.99. The van der Waals surface area contributed by atoms with Crippen LogP contribution in [0.25, 0.3) is 0 Å². The summed E-state index contributed by atoms with van der Waals surface area (Å²) >= 11 is 0. The van der Waals surface area contributed by atoms with E-state index in [1.165, 1.54) is 12.8 Å². The fraction of sp³-hybridized carbons (Fsp3) is 1.00. The summed E-state index contributed by atoms with van der Waals surface area (Å²) < 4.78 is 13.0. The van der Waals surface area contributed by atoms with Crippen molar-refractivity contribution in [2.45, 2.75) is 109 Å². The summed E-state index contributed by atoms with van der Waals surface area (Å²) in [5.74, 6) is 2.12. The van der Waals surface area contributed by atoms with Crippen molar-refractivity contribution in [3.63, 3.8) is 0 Å². The Morgan fingerprint density at radius 1 is 0.812 bits per heavy atom. The molecule has 5 heteroatoms. The van der Waals surface area contributed by atoms with Crippen molar-refractivity contribution in [2.75, 3.05) is 6.61 Å². The zero-order valence-corrected chi connectivity index (χ0v) is 20.4. The molecular weight excluding hydrogens is 404 g/mol. The van der Waals surface area contributed by atoms with Gasteiger partial charge in [0, 0.05) is 5.92 Å². The van der Waals surface area contributed by atoms with Gasteiger partial charge in [0.1, 0.15) is 6.10 Å². The molecule has 6 aliphatic rings. The van der Waals surface area contributed by atoms with Crippen molar-refractivity contribution in [2.24, 2.45) is 52.3 Å². The zero-order chi connectivity index (χ0) is 22.6. The predicted octanol–water partition coefficient (Wildman–Crippen LogP) is 3.74. The van der Waals surface area contributed by atoms with E-state index in [2.05, 4.69) is 27.7 Å². The lowest BCUT2D eigenvalue weighted by atomic mass is 9.43. The number of aliphatic hydroxyl groups excluding tert-OH is 3. The highest BCUT2D eigenvalue weighted by Crippen LogP contribution is 2.71. The molecule has 0 aromatic heterocycles. The molecule has 6 fully saturated rings. The third kappa shape index (κ3) is 2.75. The van der Waals surface area contributed by atoms with Gasteiger partial charge < -0.3 is 24.8 Å². The average molecular weight is 449 g/mol. The Balaban J connectivity index is 1.29. The van der Waals surface area contributed by atoms with Crippen LogP contribution in [0.5, 0.6) is 0 Å². The van der Waals surface area contributed by atoms with Gasteiger partial charge in [-0.05, 0) is 97.7 Å². The molecule has 32 heavy (non-hydrogen) atoms. The highest BCUT2D eigenvalue weighted by molar-refractivity contribution is 5.17. The molecular formula is C27H44O5. The van der Waals surface area contributed by atoms with Gasteiger partial charge in [-0.3, -0.25) is 0 Å². The monoisotopic (exact) mass is 448 g/mol. The minimum atomic E-state index is -0.824. The van der Waals surface area contributed by atoms with Gasteiger partial charge in [0.25, 0.3) is 0 Å². The third-order valence-electron chi connectivity index (χ3n) is 11.9. The number of rotatable bonds is 0. The minimum absolute atomic E-state index is 0.146. The van der Waals surface area contributed by atoms with Crippen molar-refractivity contribution >= 4 is 0 Å². The Labute approximate surface area is 193 Å². The molecule has 0 aromatic carbocycles. The first-order valence-electron chi connectivity index (χ1n) is 13.5. The van der Waals surface area contributed by atoms with Crippen molar-refractivity contribution in [1.82, 2.24) is 0 Å². The first-order chi connectivity index (χ1) is 15.1. The van der Waals surface area contributed by atoms with Gasteiger partial charge in [-0.15, -0.1) is 0 Å². The predicted molar refractivity (Wildman–Crippen MR) is 121 cm³/mol. The van der Waals surface area contributed by atoms with Gasteiger partial charge in [0.2, 0.25) is 0 Å². The zero-order valence-electron chi connectivity index (χ0n) is 20.4. The Morgan fingerprint density at radius 2 is 1.56 bits per heavy atom. The molecule has 14 atom stereocenters. The lowest BCUT2D eigenvalue weighted by Gasteiger charge is -2.62. The molecule has 3 N–H and O–H groups in total. The average Bonchev–Trinajstić information content (AvgIpc) is 3.18. The fourth-order valence-electron chi connectivity index (χ4n) is 10.4. The van der Waals surface area contributed by atoms with E-state index in [1.807, 2.05) is 0 Å². The molecule has 0 amide bonds. The van der Waals surface area contributed by atoms with Gasteiger partial charge in [-0.25, -0.2) is 0 Å². The highest BCUT2D eigenvalue weighted by Gasteiger charge is 2.71. The topological polar surface area (TPSA) is 79.2 Å². The molecule has 0 radical (unpaired) electrons. The Bertz CT molecular complexity index is 758. The SMILES string of the molecule is C[C@@H]1CO[C@@]2(O[C@H]3C[C@H]4[C@@H]5C[C@H](O)[C@H]6C[C@@H](O)CC[C@]6(C)[C@H]5CC[C@]4(C)[C@H]3[C@H]2C)[C@@H](O)C1.